The van der Waals surface area contributed by atoms with Crippen LogP contribution in [0.3, 0.4) is 0 Å². The van der Waals surface area contributed by atoms with Gasteiger partial charge in [-0.2, -0.15) is 0 Å². The first-order chi connectivity index (χ1) is 5.13. The van der Waals surface area contributed by atoms with E-state index in [-0.39, 0.29) is 12.1 Å². The van der Waals surface area contributed by atoms with E-state index in [0.717, 1.165) is 0 Å². The molecular formula is C8H15NO2. The summed E-state index contributed by atoms with van der Waals surface area (Å²) >= 11 is 0. The quantitative estimate of drug-likeness (QED) is 0.583. The van der Waals surface area contributed by atoms with Crippen LogP contribution in [0.15, 0.2) is 12.7 Å². The molecule has 0 N–H and O–H groups in total. The van der Waals surface area contributed by atoms with E-state index < -0.39 is 0 Å². The van der Waals surface area contributed by atoms with Crippen LogP contribution in [0.5, 0.6) is 0 Å². The Labute approximate surface area is 67.6 Å². The van der Waals surface area contributed by atoms with Crippen LogP contribution < -0.4 is 0 Å². The number of hydrogen-bond acceptors (Lipinski definition) is 2. The van der Waals surface area contributed by atoms with Gasteiger partial charge < -0.3 is 9.64 Å². The van der Waals surface area contributed by atoms with Crippen LogP contribution in [-0.2, 0) is 4.74 Å². The Balaban J connectivity index is 4.08. The third-order valence-electron chi connectivity index (χ3n) is 1.36. The second-order valence-electron chi connectivity index (χ2n) is 2.50. The fourth-order valence-electron chi connectivity index (χ4n) is 0.753. The largest absolute Gasteiger partial charge is 0.453 e. The maximum Gasteiger partial charge on any atom is 0.409 e. The van der Waals surface area contributed by atoms with Crippen molar-refractivity contribution in [3.8, 4) is 0 Å². The summed E-state index contributed by atoms with van der Waals surface area (Å²) in [4.78, 5) is 12.6. The minimum atomic E-state index is -0.306. The van der Waals surface area contributed by atoms with Crippen LogP contribution in [0.25, 0.3) is 0 Å². The van der Waals surface area contributed by atoms with Crippen LogP contribution in [-0.4, -0.2) is 30.7 Å². The lowest BCUT2D eigenvalue weighted by Crippen LogP contribution is -2.36. The SMILES string of the molecule is C=CCN(C(=O)OC)C(C)C. The maximum absolute atomic E-state index is 11.0. The lowest BCUT2D eigenvalue weighted by molar-refractivity contribution is 0.117. The van der Waals surface area contributed by atoms with Crippen molar-refractivity contribution in [2.45, 2.75) is 19.9 Å². The van der Waals surface area contributed by atoms with Gasteiger partial charge in [-0.15, -0.1) is 6.58 Å². The Hall–Kier alpha value is -0.990. The third-order valence-corrected chi connectivity index (χ3v) is 1.36. The first-order valence-corrected chi connectivity index (χ1v) is 3.59. The Morgan fingerprint density at radius 2 is 2.27 bits per heavy atom. The van der Waals surface area contributed by atoms with E-state index >= 15 is 0 Å². The van der Waals surface area contributed by atoms with Crippen LogP contribution in [0.1, 0.15) is 13.8 Å². The van der Waals surface area contributed by atoms with Gasteiger partial charge in [-0.05, 0) is 13.8 Å². The molecule has 0 aliphatic carbocycles. The molecule has 0 rings (SSSR count). The normalized spacial score (nSPS) is 9.45. The Kier molecular flexibility index (Phi) is 4.34. The van der Waals surface area contributed by atoms with E-state index in [0.29, 0.717) is 6.54 Å². The molecule has 1 amide bonds. The number of amides is 1. The molecule has 0 saturated heterocycles. The molecule has 0 spiro atoms. The second-order valence-corrected chi connectivity index (χ2v) is 2.50. The Morgan fingerprint density at radius 3 is 2.55 bits per heavy atom. The van der Waals surface area contributed by atoms with E-state index in [1.807, 2.05) is 13.8 Å². The molecule has 0 aromatic rings. The summed E-state index contributed by atoms with van der Waals surface area (Å²) in [6, 6.07) is 0.153. The molecular weight excluding hydrogens is 142 g/mol. The van der Waals surface area contributed by atoms with E-state index in [1.54, 1.807) is 11.0 Å². The summed E-state index contributed by atoms with van der Waals surface area (Å²) in [6.45, 7) is 7.94. The van der Waals surface area contributed by atoms with E-state index in [4.69, 9.17) is 0 Å². The van der Waals surface area contributed by atoms with Gasteiger partial charge in [0.05, 0.1) is 7.11 Å². The minimum Gasteiger partial charge on any atom is -0.453 e. The van der Waals surface area contributed by atoms with Crippen molar-refractivity contribution in [1.29, 1.82) is 0 Å². The molecule has 0 radical (unpaired) electrons. The molecule has 0 fully saturated rings. The smallest absolute Gasteiger partial charge is 0.409 e. The Bertz CT molecular complexity index is 143. The topological polar surface area (TPSA) is 29.5 Å². The van der Waals surface area contributed by atoms with Gasteiger partial charge in [-0.3, -0.25) is 0 Å². The molecule has 64 valence electrons. The third kappa shape index (κ3) is 3.07. The summed E-state index contributed by atoms with van der Waals surface area (Å²) in [5, 5.41) is 0. The summed E-state index contributed by atoms with van der Waals surface area (Å²) in [5.74, 6) is 0. The monoisotopic (exact) mass is 157 g/mol. The Morgan fingerprint density at radius 1 is 1.73 bits per heavy atom. The second kappa shape index (κ2) is 4.77. The van der Waals surface area contributed by atoms with Gasteiger partial charge in [0.25, 0.3) is 0 Å². The van der Waals surface area contributed by atoms with Gasteiger partial charge in [0.15, 0.2) is 0 Å². The zero-order valence-electron chi connectivity index (χ0n) is 7.33. The van der Waals surface area contributed by atoms with Gasteiger partial charge in [0.2, 0.25) is 0 Å². The van der Waals surface area contributed by atoms with E-state index in [1.165, 1.54) is 7.11 Å². The first kappa shape index (κ1) is 10.0. The predicted molar refractivity (Wildman–Crippen MR) is 44.4 cm³/mol. The van der Waals surface area contributed by atoms with Crippen molar-refractivity contribution < 1.29 is 9.53 Å². The van der Waals surface area contributed by atoms with Gasteiger partial charge in [-0.1, -0.05) is 6.08 Å². The average Bonchev–Trinajstić information content (AvgIpc) is 1.98. The van der Waals surface area contributed by atoms with Crippen molar-refractivity contribution >= 4 is 6.09 Å². The molecule has 0 atom stereocenters. The lowest BCUT2D eigenvalue weighted by atomic mass is 10.3. The lowest BCUT2D eigenvalue weighted by Gasteiger charge is -2.23. The number of nitrogens with zero attached hydrogens (tertiary/aromatic N) is 1. The number of rotatable bonds is 3. The molecule has 11 heavy (non-hydrogen) atoms. The molecule has 3 heteroatoms. The molecule has 0 aromatic heterocycles. The van der Waals surface area contributed by atoms with Crippen LogP contribution in [0.2, 0.25) is 0 Å². The highest BCUT2D eigenvalue weighted by Gasteiger charge is 2.14. The molecule has 0 saturated carbocycles. The number of ether oxygens (including phenoxy) is 1. The summed E-state index contributed by atoms with van der Waals surface area (Å²) in [6.07, 6.45) is 1.37. The van der Waals surface area contributed by atoms with Crippen molar-refractivity contribution in [3.63, 3.8) is 0 Å². The van der Waals surface area contributed by atoms with Gasteiger partial charge in [0.1, 0.15) is 0 Å². The van der Waals surface area contributed by atoms with Crippen LogP contribution >= 0.6 is 0 Å². The molecule has 0 bridgehead atoms. The summed E-state index contributed by atoms with van der Waals surface area (Å²) < 4.78 is 4.57. The highest BCUT2D eigenvalue weighted by atomic mass is 16.5. The maximum atomic E-state index is 11.0. The fraction of sp³-hybridized carbons (Fsp3) is 0.625. The summed E-state index contributed by atoms with van der Waals surface area (Å²) in [7, 11) is 1.38. The highest BCUT2D eigenvalue weighted by molar-refractivity contribution is 5.67. The molecule has 0 aliphatic heterocycles. The number of hydrogen-bond donors (Lipinski definition) is 0. The minimum absolute atomic E-state index is 0.153. The van der Waals surface area contributed by atoms with Crippen molar-refractivity contribution in [2.24, 2.45) is 0 Å². The molecule has 0 unspecified atom stereocenters. The molecule has 3 nitrogen and oxygen atoms in total. The zero-order valence-corrected chi connectivity index (χ0v) is 7.33. The van der Waals surface area contributed by atoms with Gasteiger partial charge in [-0.25, -0.2) is 4.79 Å². The number of carbonyl (C=O) groups excluding carboxylic acids is 1. The van der Waals surface area contributed by atoms with Crippen molar-refractivity contribution in [2.75, 3.05) is 13.7 Å². The van der Waals surface area contributed by atoms with Gasteiger partial charge in [0, 0.05) is 12.6 Å². The van der Waals surface area contributed by atoms with Crippen molar-refractivity contribution in [3.05, 3.63) is 12.7 Å². The highest BCUT2D eigenvalue weighted by Crippen LogP contribution is 1.99. The first-order valence-electron chi connectivity index (χ1n) is 3.59. The van der Waals surface area contributed by atoms with E-state index in [2.05, 4.69) is 11.3 Å². The fourth-order valence-corrected chi connectivity index (χ4v) is 0.753. The van der Waals surface area contributed by atoms with Crippen LogP contribution in [0.4, 0.5) is 4.79 Å². The number of methoxy groups -OCH3 is 1. The predicted octanol–water partition coefficient (Wildman–Crippen LogP) is 1.65. The average molecular weight is 157 g/mol. The zero-order chi connectivity index (χ0) is 8.85. The summed E-state index contributed by atoms with van der Waals surface area (Å²) in [5.41, 5.74) is 0. The number of carbonyl (C=O) groups is 1. The standard InChI is InChI=1S/C8H15NO2/c1-5-6-9(7(2)3)8(10)11-4/h5,7H,1,6H2,2-4H3. The van der Waals surface area contributed by atoms with Crippen LogP contribution in [0, 0.1) is 0 Å². The van der Waals surface area contributed by atoms with Crippen molar-refractivity contribution in [1.82, 2.24) is 4.90 Å². The molecule has 0 heterocycles. The van der Waals surface area contributed by atoms with E-state index in [9.17, 15) is 4.79 Å². The molecule has 0 aliphatic rings. The van der Waals surface area contributed by atoms with Gasteiger partial charge >= 0.3 is 6.09 Å². The molecule has 0 aromatic carbocycles.